The van der Waals surface area contributed by atoms with Gasteiger partial charge in [0.25, 0.3) is 0 Å². The van der Waals surface area contributed by atoms with E-state index in [-0.39, 0.29) is 53.8 Å². The summed E-state index contributed by atoms with van der Waals surface area (Å²) in [6.45, 7) is 3.39. The molecule has 0 fully saturated rings. The lowest BCUT2D eigenvalue weighted by molar-refractivity contribution is 0.0842. The lowest BCUT2D eigenvalue weighted by atomic mass is 9.92. The van der Waals surface area contributed by atoms with Gasteiger partial charge in [-0.05, 0) is 43.5 Å². The van der Waals surface area contributed by atoms with E-state index in [1.807, 2.05) is 0 Å². The number of rotatable bonds is 4. The molecule has 0 spiro atoms. The number of fused-ring (bicyclic) bond motifs is 1. The molecular weight excluding hydrogens is 348 g/mol. The summed E-state index contributed by atoms with van der Waals surface area (Å²) in [4.78, 5) is 12.7. The molecule has 1 heterocycles. The molecule has 0 unspecified atom stereocenters. The number of aliphatic hydroxyl groups is 1. The van der Waals surface area contributed by atoms with Crippen LogP contribution >= 0.6 is 0 Å². The van der Waals surface area contributed by atoms with Crippen molar-refractivity contribution in [3.05, 3.63) is 58.2 Å². The van der Waals surface area contributed by atoms with Crippen molar-refractivity contribution in [1.82, 2.24) is 0 Å². The van der Waals surface area contributed by atoms with Crippen LogP contribution < -0.4 is 4.74 Å². The zero-order valence-corrected chi connectivity index (χ0v) is 15.2. The predicted molar refractivity (Wildman–Crippen MR) is 99.5 cm³/mol. The summed E-state index contributed by atoms with van der Waals surface area (Å²) in [5.41, 5.74) is 2.54. The molecule has 0 saturated heterocycles. The summed E-state index contributed by atoms with van der Waals surface area (Å²) < 4.78 is 6.03. The van der Waals surface area contributed by atoms with E-state index in [1.165, 1.54) is 0 Å². The highest BCUT2D eigenvalue weighted by Crippen LogP contribution is 2.45. The van der Waals surface area contributed by atoms with Crippen LogP contribution in [0, 0.1) is 6.92 Å². The maximum absolute atomic E-state index is 12.7. The standard InChI is InChI=1S/C21H22O6/c1-11(10-22)3-5-14-16(24)8-17(25)20-18(26)9-19(27-21(14)20)13-4-6-15(23)12(2)7-13/h3-4,6-8,19,22-25H,5,9-10H2,1-2H3/t19-/m0/s1. The Morgan fingerprint density at radius 1 is 1.19 bits per heavy atom. The third-order valence-electron chi connectivity index (χ3n) is 4.75. The van der Waals surface area contributed by atoms with E-state index in [1.54, 1.807) is 38.1 Å². The van der Waals surface area contributed by atoms with Gasteiger partial charge in [-0.15, -0.1) is 0 Å². The summed E-state index contributed by atoms with van der Waals surface area (Å²) in [6.07, 6.45) is 1.43. The third kappa shape index (κ3) is 3.61. The van der Waals surface area contributed by atoms with E-state index < -0.39 is 6.10 Å². The van der Waals surface area contributed by atoms with Crippen LogP contribution in [-0.2, 0) is 6.42 Å². The van der Waals surface area contributed by atoms with Gasteiger partial charge in [-0.3, -0.25) is 4.79 Å². The molecule has 6 heteroatoms. The zero-order valence-electron chi connectivity index (χ0n) is 15.2. The lowest BCUT2D eigenvalue weighted by Gasteiger charge is -2.28. The normalized spacial score (nSPS) is 16.8. The highest BCUT2D eigenvalue weighted by atomic mass is 16.5. The fourth-order valence-electron chi connectivity index (χ4n) is 3.13. The van der Waals surface area contributed by atoms with E-state index in [9.17, 15) is 20.1 Å². The molecule has 4 N–H and O–H groups in total. The summed E-state index contributed by atoms with van der Waals surface area (Å²) in [6, 6.07) is 6.12. The Kier molecular flexibility index (Phi) is 5.10. The molecule has 3 rings (SSSR count). The number of phenols is 3. The third-order valence-corrected chi connectivity index (χ3v) is 4.75. The second-order valence-corrected chi connectivity index (χ2v) is 6.79. The zero-order chi connectivity index (χ0) is 19.7. The molecule has 1 aliphatic heterocycles. The number of aryl methyl sites for hydroxylation is 1. The minimum atomic E-state index is -0.591. The van der Waals surface area contributed by atoms with Crippen molar-refractivity contribution in [3.8, 4) is 23.0 Å². The Hall–Kier alpha value is -2.99. The largest absolute Gasteiger partial charge is 0.508 e. The van der Waals surface area contributed by atoms with E-state index in [0.717, 1.165) is 11.6 Å². The molecule has 6 nitrogen and oxygen atoms in total. The topological polar surface area (TPSA) is 107 Å². The Morgan fingerprint density at radius 2 is 1.93 bits per heavy atom. The molecule has 0 bridgehead atoms. The van der Waals surface area contributed by atoms with Crippen LogP contribution in [0.25, 0.3) is 0 Å². The number of ketones is 1. The van der Waals surface area contributed by atoms with E-state index in [4.69, 9.17) is 9.84 Å². The number of aliphatic hydroxyl groups excluding tert-OH is 1. The molecule has 1 aliphatic rings. The minimum Gasteiger partial charge on any atom is -0.508 e. The number of hydrogen-bond donors (Lipinski definition) is 4. The minimum absolute atomic E-state index is 0.0422. The lowest BCUT2D eigenvalue weighted by Crippen LogP contribution is -2.21. The Bertz CT molecular complexity index is 929. The molecule has 2 aromatic carbocycles. The van der Waals surface area contributed by atoms with Gasteiger partial charge in [0.15, 0.2) is 5.78 Å². The first-order valence-corrected chi connectivity index (χ1v) is 8.65. The number of aromatic hydroxyl groups is 3. The number of ether oxygens (including phenoxy) is 1. The van der Waals surface area contributed by atoms with Gasteiger partial charge in [0.05, 0.1) is 13.0 Å². The SMILES string of the molecule is CC(=CCc1c(O)cc(O)c2c1O[C@H](c1ccc(O)c(C)c1)CC2=O)CO. The first kappa shape index (κ1) is 18.8. The summed E-state index contributed by atoms with van der Waals surface area (Å²) in [5, 5.41) is 39.3. The molecular formula is C21H22O6. The fourth-order valence-corrected chi connectivity index (χ4v) is 3.13. The number of Topliss-reactive ketones (excluding diaryl/α,β-unsaturated/α-hetero) is 1. The van der Waals surface area contributed by atoms with E-state index in [2.05, 4.69) is 0 Å². The van der Waals surface area contributed by atoms with Crippen molar-refractivity contribution in [2.75, 3.05) is 6.61 Å². The molecule has 0 aliphatic carbocycles. The van der Waals surface area contributed by atoms with E-state index in [0.29, 0.717) is 16.7 Å². The summed E-state index contributed by atoms with van der Waals surface area (Å²) >= 11 is 0. The molecule has 142 valence electrons. The van der Waals surface area contributed by atoms with Crippen molar-refractivity contribution in [2.24, 2.45) is 0 Å². The maximum Gasteiger partial charge on any atom is 0.174 e. The summed E-state index contributed by atoms with van der Waals surface area (Å²) in [7, 11) is 0. The van der Waals surface area contributed by atoms with E-state index >= 15 is 0 Å². The van der Waals surface area contributed by atoms with Crippen LogP contribution in [0.4, 0.5) is 0 Å². The molecule has 2 aromatic rings. The van der Waals surface area contributed by atoms with Crippen LogP contribution in [0.15, 0.2) is 35.9 Å². The van der Waals surface area contributed by atoms with Gasteiger partial charge in [0.2, 0.25) is 0 Å². The molecule has 0 saturated carbocycles. The van der Waals surface area contributed by atoms with Crippen LogP contribution in [0.1, 0.15) is 46.5 Å². The second-order valence-electron chi connectivity index (χ2n) is 6.79. The Morgan fingerprint density at radius 3 is 2.59 bits per heavy atom. The quantitative estimate of drug-likeness (QED) is 0.615. The number of carbonyl (C=O) groups excluding carboxylic acids is 1. The Balaban J connectivity index is 2.06. The van der Waals surface area contributed by atoms with Gasteiger partial charge in [0, 0.05) is 11.6 Å². The van der Waals surface area contributed by atoms with Gasteiger partial charge < -0.3 is 25.2 Å². The van der Waals surface area contributed by atoms with Crippen molar-refractivity contribution in [1.29, 1.82) is 0 Å². The average molecular weight is 370 g/mol. The molecule has 1 atom stereocenters. The molecule has 0 aromatic heterocycles. The molecule has 0 radical (unpaired) electrons. The number of allylic oxidation sites excluding steroid dienone is 1. The fraction of sp³-hybridized carbons (Fsp3) is 0.286. The van der Waals surface area contributed by atoms with Gasteiger partial charge in [-0.1, -0.05) is 17.7 Å². The monoisotopic (exact) mass is 370 g/mol. The van der Waals surface area contributed by atoms with Crippen LogP contribution in [0.5, 0.6) is 23.0 Å². The van der Waals surface area contributed by atoms with Gasteiger partial charge in [-0.2, -0.15) is 0 Å². The first-order chi connectivity index (χ1) is 12.8. The number of carbonyl (C=O) groups is 1. The number of benzene rings is 2. The van der Waals surface area contributed by atoms with Crippen molar-refractivity contribution in [3.63, 3.8) is 0 Å². The van der Waals surface area contributed by atoms with Crippen LogP contribution in [0.3, 0.4) is 0 Å². The smallest absolute Gasteiger partial charge is 0.174 e. The molecule has 0 amide bonds. The number of phenolic OH excluding ortho intramolecular Hbond substituents is 3. The summed E-state index contributed by atoms with van der Waals surface area (Å²) in [5.74, 6) is -0.472. The maximum atomic E-state index is 12.7. The van der Waals surface area contributed by atoms with Crippen molar-refractivity contribution in [2.45, 2.75) is 32.8 Å². The first-order valence-electron chi connectivity index (χ1n) is 8.65. The second kappa shape index (κ2) is 7.32. The van der Waals surface area contributed by atoms with Crippen LogP contribution in [0.2, 0.25) is 0 Å². The van der Waals surface area contributed by atoms with Gasteiger partial charge in [-0.25, -0.2) is 0 Å². The number of hydrogen-bond acceptors (Lipinski definition) is 6. The predicted octanol–water partition coefficient (Wildman–Crippen LogP) is 3.30. The van der Waals surface area contributed by atoms with Crippen molar-refractivity contribution < 1.29 is 30.0 Å². The highest BCUT2D eigenvalue weighted by molar-refractivity contribution is 6.03. The van der Waals surface area contributed by atoms with Crippen LogP contribution in [-0.4, -0.2) is 32.8 Å². The van der Waals surface area contributed by atoms with Gasteiger partial charge in [0.1, 0.15) is 34.7 Å². The van der Waals surface area contributed by atoms with Gasteiger partial charge >= 0.3 is 0 Å². The molecule has 27 heavy (non-hydrogen) atoms. The Labute approximate surface area is 157 Å². The van der Waals surface area contributed by atoms with Crippen molar-refractivity contribution >= 4 is 5.78 Å². The average Bonchev–Trinajstić information content (AvgIpc) is 2.62. The highest BCUT2D eigenvalue weighted by Gasteiger charge is 2.33.